The molecule has 120 valence electrons. The molecule has 1 heterocycles. The predicted octanol–water partition coefficient (Wildman–Crippen LogP) is -1.10. The summed E-state index contributed by atoms with van der Waals surface area (Å²) in [6, 6.07) is 7.97. The summed E-state index contributed by atoms with van der Waals surface area (Å²) in [6.45, 7) is 0.322. The summed E-state index contributed by atoms with van der Waals surface area (Å²) in [4.78, 5) is 22.7. The number of benzene rings is 1. The average molecular weight is 327 g/mol. The lowest BCUT2D eigenvalue weighted by atomic mass is 10.4. The maximum Gasteiger partial charge on any atom is 0.309 e. The second kappa shape index (κ2) is 6.86. The van der Waals surface area contributed by atoms with Crippen LogP contribution in [0.25, 0.3) is 0 Å². The first-order chi connectivity index (χ1) is 10.5. The number of hydrogen-bond acceptors (Lipinski definition) is 5. The van der Waals surface area contributed by atoms with Crippen molar-refractivity contribution in [1.82, 2.24) is 14.9 Å². The van der Waals surface area contributed by atoms with Crippen molar-refractivity contribution in [3.05, 3.63) is 30.3 Å². The Bertz CT molecular complexity index is 647. The third kappa shape index (κ3) is 3.43. The maximum absolute atomic E-state index is 12.5. The number of carbonyl (C=O) groups is 2. The van der Waals surface area contributed by atoms with Crippen LogP contribution in [0.2, 0.25) is 0 Å². The van der Waals surface area contributed by atoms with Crippen LogP contribution in [-0.4, -0.2) is 57.5 Å². The van der Waals surface area contributed by atoms with E-state index in [2.05, 4.69) is 10.6 Å². The Labute approximate surface area is 128 Å². The second-order valence-electron chi connectivity index (χ2n) is 4.54. The number of likely N-dealkylation sites (N-methyl/N-ethyl adjacent to an activating group) is 1. The van der Waals surface area contributed by atoms with Crippen molar-refractivity contribution < 1.29 is 22.7 Å². The summed E-state index contributed by atoms with van der Waals surface area (Å²) in [6.07, 6.45) is -0.834. The van der Waals surface area contributed by atoms with E-state index in [1.54, 1.807) is 18.2 Å². The fraction of sp³-hybridized carbons (Fsp3) is 0.385. The fourth-order valence-electron chi connectivity index (χ4n) is 2.04. The number of nitrogens with one attached hydrogen (secondary N) is 2. The molecular weight excluding hydrogens is 310 g/mol. The van der Waals surface area contributed by atoms with Crippen LogP contribution >= 0.6 is 0 Å². The van der Waals surface area contributed by atoms with Gasteiger partial charge in [-0.15, -0.1) is 0 Å². The lowest BCUT2D eigenvalue weighted by Gasteiger charge is -2.22. The number of hydrogen-bond donors (Lipinski definition) is 2. The summed E-state index contributed by atoms with van der Waals surface area (Å²) < 4.78 is 31.6. The topological polar surface area (TPSA) is 105 Å². The molecular formula is C13H17N3O5S. The fourth-order valence-corrected chi connectivity index (χ4v) is 3.57. The molecule has 0 spiro atoms. The summed E-state index contributed by atoms with van der Waals surface area (Å²) in [5, 5.41) is 4.53. The number of carbonyl (C=O) groups excluding carboxylic acids is 2. The first kappa shape index (κ1) is 16.4. The molecule has 1 aromatic carbocycles. The standard InChI is InChI=1S/C13H17N3O5S/c1-14-12(17)13(18)15-9-11-16(7-8-21-11)22(19,20)10-5-3-2-4-6-10/h2-6,11H,7-9H2,1H3,(H,14,17)(H,15,18). The first-order valence-electron chi connectivity index (χ1n) is 6.65. The Balaban J connectivity index is 2.08. The molecule has 1 atom stereocenters. The summed E-state index contributed by atoms with van der Waals surface area (Å²) >= 11 is 0. The van der Waals surface area contributed by atoms with E-state index >= 15 is 0 Å². The van der Waals surface area contributed by atoms with Gasteiger partial charge in [0.1, 0.15) is 6.23 Å². The highest BCUT2D eigenvalue weighted by molar-refractivity contribution is 7.89. The van der Waals surface area contributed by atoms with Crippen LogP contribution in [0, 0.1) is 0 Å². The van der Waals surface area contributed by atoms with Crippen molar-refractivity contribution >= 4 is 21.8 Å². The molecule has 9 heteroatoms. The molecule has 1 aromatic rings. The first-order valence-corrected chi connectivity index (χ1v) is 8.09. The number of amides is 2. The Morgan fingerprint density at radius 2 is 1.95 bits per heavy atom. The van der Waals surface area contributed by atoms with Gasteiger partial charge in [-0.25, -0.2) is 8.42 Å². The van der Waals surface area contributed by atoms with E-state index in [0.717, 1.165) is 0 Å². The molecule has 0 aliphatic carbocycles. The van der Waals surface area contributed by atoms with Crippen LogP contribution in [0.3, 0.4) is 0 Å². The zero-order chi connectivity index (χ0) is 16.2. The van der Waals surface area contributed by atoms with Crippen LogP contribution < -0.4 is 10.6 Å². The van der Waals surface area contributed by atoms with Gasteiger partial charge in [0, 0.05) is 13.6 Å². The molecule has 2 amide bonds. The summed E-state index contributed by atoms with van der Waals surface area (Å²) in [7, 11) is -2.37. The molecule has 0 saturated carbocycles. The zero-order valence-corrected chi connectivity index (χ0v) is 12.8. The van der Waals surface area contributed by atoms with Crippen molar-refractivity contribution in [3.8, 4) is 0 Å². The Kier molecular flexibility index (Phi) is 5.11. The molecule has 8 nitrogen and oxygen atoms in total. The molecule has 22 heavy (non-hydrogen) atoms. The van der Waals surface area contributed by atoms with Gasteiger partial charge in [-0.2, -0.15) is 4.31 Å². The van der Waals surface area contributed by atoms with E-state index in [4.69, 9.17) is 4.74 Å². The number of nitrogens with zero attached hydrogens (tertiary/aromatic N) is 1. The molecule has 1 unspecified atom stereocenters. The van der Waals surface area contributed by atoms with E-state index in [9.17, 15) is 18.0 Å². The molecule has 0 aromatic heterocycles. The molecule has 0 radical (unpaired) electrons. The van der Waals surface area contributed by atoms with Crippen molar-refractivity contribution in [1.29, 1.82) is 0 Å². The monoisotopic (exact) mass is 327 g/mol. The van der Waals surface area contributed by atoms with Crippen LogP contribution in [0.15, 0.2) is 35.2 Å². The molecule has 1 aliphatic rings. The van der Waals surface area contributed by atoms with Crippen LogP contribution in [0.1, 0.15) is 0 Å². The van der Waals surface area contributed by atoms with Gasteiger partial charge in [-0.3, -0.25) is 9.59 Å². The van der Waals surface area contributed by atoms with Crippen LogP contribution in [0.5, 0.6) is 0 Å². The second-order valence-corrected chi connectivity index (χ2v) is 6.43. The number of sulfonamides is 1. The molecule has 0 bridgehead atoms. The molecule has 1 saturated heterocycles. The van der Waals surface area contributed by atoms with E-state index in [1.165, 1.54) is 23.5 Å². The number of rotatable bonds is 4. The SMILES string of the molecule is CNC(=O)C(=O)NCC1OCCN1S(=O)(=O)c1ccccc1. The quantitative estimate of drug-likeness (QED) is 0.683. The Hall–Kier alpha value is -1.97. The summed E-state index contributed by atoms with van der Waals surface area (Å²) in [5.41, 5.74) is 0. The Morgan fingerprint density at radius 1 is 1.27 bits per heavy atom. The molecule has 2 rings (SSSR count). The highest BCUT2D eigenvalue weighted by Gasteiger charge is 2.36. The van der Waals surface area contributed by atoms with Gasteiger partial charge in [-0.05, 0) is 12.1 Å². The van der Waals surface area contributed by atoms with Gasteiger partial charge < -0.3 is 15.4 Å². The summed E-state index contributed by atoms with van der Waals surface area (Å²) in [5.74, 6) is -1.63. The molecule has 1 aliphatic heterocycles. The van der Waals surface area contributed by atoms with Gasteiger partial charge in [0.15, 0.2) is 0 Å². The Morgan fingerprint density at radius 3 is 2.59 bits per heavy atom. The highest BCUT2D eigenvalue weighted by atomic mass is 32.2. The van der Waals surface area contributed by atoms with Gasteiger partial charge in [0.25, 0.3) is 0 Å². The van der Waals surface area contributed by atoms with Gasteiger partial charge in [0.2, 0.25) is 10.0 Å². The molecule has 2 N–H and O–H groups in total. The van der Waals surface area contributed by atoms with Crippen LogP contribution in [0.4, 0.5) is 0 Å². The van der Waals surface area contributed by atoms with Crippen molar-refractivity contribution in [2.24, 2.45) is 0 Å². The average Bonchev–Trinajstić information content (AvgIpc) is 3.02. The normalized spacial score (nSPS) is 18.9. The van der Waals surface area contributed by atoms with Crippen molar-refractivity contribution in [2.45, 2.75) is 11.1 Å². The zero-order valence-electron chi connectivity index (χ0n) is 12.0. The van der Waals surface area contributed by atoms with Crippen molar-refractivity contribution in [3.63, 3.8) is 0 Å². The highest BCUT2D eigenvalue weighted by Crippen LogP contribution is 2.21. The van der Waals surface area contributed by atoms with Gasteiger partial charge in [0.05, 0.1) is 18.0 Å². The van der Waals surface area contributed by atoms with E-state index in [-0.39, 0.29) is 24.6 Å². The number of ether oxygens (including phenoxy) is 1. The van der Waals surface area contributed by atoms with E-state index in [0.29, 0.717) is 0 Å². The third-order valence-electron chi connectivity index (χ3n) is 3.16. The smallest absolute Gasteiger partial charge is 0.309 e. The van der Waals surface area contributed by atoms with Crippen molar-refractivity contribution in [2.75, 3.05) is 26.7 Å². The minimum Gasteiger partial charge on any atom is -0.359 e. The maximum atomic E-state index is 12.5. The lowest BCUT2D eigenvalue weighted by molar-refractivity contribution is -0.139. The minimum atomic E-state index is -3.71. The van der Waals surface area contributed by atoms with E-state index < -0.39 is 28.1 Å². The molecule has 1 fully saturated rings. The third-order valence-corrected chi connectivity index (χ3v) is 5.07. The predicted molar refractivity (Wildman–Crippen MR) is 77.2 cm³/mol. The van der Waals surface area contributed by atoms with E-state index in [1.807, 2.05) is 0 Å². The van der Waals surface area contributed by atoms with Crippen LogP contribution in [-0.2, 0) is 24.3 Å². The van der Waals surface area contributed by atoms with Gasteiger partial charge in [-0.1, -0.05) is 18.2 Å². The minimum absolute atomic E-state index is 0.0989. The largest absolute Gasteiger partial charge is 0.359 e. The lowest BCUT2D eigenvalue weighted by Crippen LogP contribution is -2.46. The van der Waals surface area contributed by atoms with Gasteiger partial charge >= 0.3 is 11.8 Å².